The van der Waals surface area contributed by atoms with Crippen LogP contribution < -0.4 is 10.1 Å². The van der Waals surface area contributed by atoms with Crippen LogP contribution in [0.25, 0.3) is 11.0 Å². The fourth-order valence-electron chi connectivity index (χ4n) is 3.79. The first-order chi connectivity index (χ1) is 13.0. The Bertz CT molecular complexity index is 1000. The molecule has 0 bridgehead atoms. The monoisotopic (exact) mass is 368 g/mol. The van der Waals surface area contributed by atoms with E-state index in [4.69, 9.17) is 9.15 Å². The van der Waals surface area contributed by atoms with Crippen molar-refractivity contribution in [3.8, 4) is 5.75 Å². The Morgan fingerprint density at radius 2 is 2.19 bits per heavy atom. The highest BCUT2D eigenvalue weighted by atomic mass is 16.5. The Hall–Kier alpha value is -2.80. The van der Waals surface area contributed by atoms with Crippen LogP contribution in [0, 0.1) is 13.8 Å². The summed E-state index contributed by atoms with van der Waals surface area (Å²) in [5.74, 6) is 1.76. The molecule has 142 valence electrons. The summed E-state index contributed by atoms with van der Waals surface area (Å²) in [6, 6.07) is 3.81. The third-order valence-electron chi connectivity index (χ3n) is 5.22. The molecule has 0 spiro atoms. The van der Waals surface area contributed by atoms with E-state index in [1.54, 1.807) is 13.3 Å². The van der Waals surface area contributed by atoms with Gasteiger partial charge in [0.2, 0.25) is 0 Å². The summed E-state index contributed by atoms with van der Waals surface area (Å²) in [6.45, 7) is 5.94. The second kappa shape index (κ2) is 6.74. The number of imidazole rings is 1. The lowest BCUT2D eigenvalue weighted by molar-refractivity contribution is 0.0589. The predicted octanol–water partition coefficient (Wildman–Crippen LogP) is 2.58. The number of nitrogens with zero attached hydrogens (tertiary/aromatic N) is 3. The molecule has 3 aromatic rings. The number of benzene rings is 1. The first-order valence-electron chi connectivity index (χ1n) is 9.08. The van der Waals surface area contributed by atoms with Crippen LogP contribution in [0.2, 0.25) is 0 Å². The highest BCUT2D eigenvalue weighted by molar-refractivity contribution is 6.00. The van der Waals surface area contributed by atoms with Gasteiger partial charge in [0.25, 0.3) is 5.91 Å². The van der Waals surface area contributed by atoms with Gasteiger partial charge in [0.05, 0.1) is 7.11 Å². The van der Waals surface area contributed by atoms with E-state index in [1.165, 1.54) is 0 Å². The molecule has 0 radical (unpaired) electrons. The molecule has 7 heteroatoms. The van der Waals surface area contributed by atoms with E-state index in [-0.39, 0.29) is 11.9 Å². The molecule has 2 aromatic heterocycles. The maximum Gasteiger partial charge on any atom is 0.290 e. The van der Waals surface area contributed by atoms with E-state index in [9.17, 15) is 4.79 Å². The lowest BCUT2D eigenvalue weighted by Crippen LogP contribution is -2.49. The van der Waals surface area contributed by atoms with Crippen LogP contribution in [0.1, 0.15) is 33.5 Å². The van der Waals surface area contributed by atoms with Crippen LogP contribution in [0.4, 0.5) is 0 Å². The summed E-state index contributed by atoms with van der Waals surface area (Å²) >= 11 is 0. The van der Waals surface area contributed by atoms with Gasteiger partial charge in [-0.05, 0) is 31.5 Å². The van der Waals surface area contributed by atoms with Crippen molar-refractivity contribution in [2.24, 2.45) is 7.05 Å². The van der Waals surface area contributed by atoms with Crippen LogP contribution in [0.15, 0.2) is 28.9 Å². The molecule has 0 saturated carbocycles. The molecule has 1 aromatic carbocycles. The van der Waals surface area contributed by atoms with Gasteiger partial charge in [-0.1, -0.05) is 0 Å². The van der Waals surface area contributed by atoms with Crippen molar-refractivity contribution in [3.63, 3.8) is 0 Å². The summed E-state index contributed by atoms with van der Waals surface area (Å²) in [5.41, 5.74) is 2.53. The Morgan fingerprint density at radius 1 is 1.37 bits per heavy atom. The molecular weight excluding hydrogens is 344 g/mol. The second-order valence-electron chi connectivity index (χ2n) is 7.01. The minimum Gasteiger partial charge on any atom is -0.493 e. The largest absolute Gasteiger partial charge is 0.493 e. The standard InChI is InChI=1S/C20H24N4O3/c1-12-9-14-13(2)17(27-18(14)16(10-12)26-4)20(25)24-8-5-21-11-15(24)19-22-6-7-23(19)3/h6-7,9-10,15,21H,5,8,11H2,1-4H3. The van der Waals surface area contributed by atoms with Gasteiger partial charge in [-0.25, -0.2) is 4.98 Å². The average Bonchev–Trinajstić information content (AvgIpc) is 3.24. The molecule has 0 aliphatic carbocycles. The maximum absolute atomic E-state index is 13.4. The maximum atomic E-state index is 13.4. The predicted molar refractivity (Wildman–Crippen MR) is 102 cm³/mol. The summed E-state index contributed by atoms with van der Waals surface area (Å²) in [7, 11) is 3.56. The number of carbonyl (C=O) groups is 1. The number of aryl methyl sites for hydroxylation is 3. The SMILES string of the molecule is COc1cc(C)cc2c(C)c(C(=O)N3CCNCC3c3nccn3C)oc12. The van der Waals surface area contributed by atoms with Crippen molar-refractivity contribution in [2.75, 3.05) is 26.7 Å². The molecule has 1 aliphatic rings. The minimum absolute atomic E-state index is 0.113. The van der Waals surface area contributed by atoms with Crippen LogP contribution in [0.3, 0.4) is 0 Å². The first-order valence-corrected chi connectivity index (χ1v) is 9.08. The van der Waals surface area contributed by atoms with Gasteiger partial charge < -0.3 is 23.9 Å². The Balaban J connectivity index is 1.77. The van der Waals surface area contributed by atoms with E-state index in [0.29, 0.717) is 30.2 Å². The normalized spacial score (nSPS) is 17.5. The highest BCUT2D eigenvalue weighted by Gasteiger charge is 2.34. The van der Waals surface area contributed by atoms with E-state index in [0.717, 1.165) is 28.9 Å². The number of nitrogens with one attached hydrogen (secondary N) is 1. The third-order valence-corrected chi connectivity index (χ3v) is 5.22. The van der Waals surface area contributed by atoms with Crippen molar-refractivity contribution >= 4 is 16.9 Å². The van der Waals surface area contributed by atoms with Crippen LogP contribution in [0.5, 0.6) is 5.75 Å². The number of rotatable bonds is 3. The number of amides is 1. The third kappa shape index (κ3) is 2.88. The number of carbonyl (C=O) groups excluding carboxylic acids is 1. The fourth-order valence-corrected chi connectivity index (χ4v) is 3.79. The van der Waals surface area contributed by atoms with E-state index < -0.39 is 0 Å². The number of methoxy groups -OCH3 is 1. The summed E-state index contributed by atoms with van der Waals surface area (Å²) in [4.78, 5) is 19.7. The van der Waals surface area contributed by atoms with E-state index in [2.05, 4.69) is 10.3 Å². The molecule has 4 rings (SSSR count). The van der Waals surface area contributed by atoms with Gasteiger partial charge in [0.1, 0.15) is 11.9 Å². The first kappa shape index (κ1) is 17.6. The molecule has 7 nitrogen and oxygen atoms in total. The average molecular weight is 368 g/mol. The fraction of sp³-hybridized carbons (Fsp3) is 0.400. The summed E-state index contributed by atoms with van der Waals surface area (Å²) < 4.78 is 13.4. The van der Waals surface area contributed by atoms with E-state index in [1.807, 2.05) is 48.7 Å². The van der Waals surface area contributed by atoms with Crippen molar-refractivity contribution in [1.82, 2.24) is 19.8 Å². The van der Waals surface area contributed by atoms with Crippen molar-refractivity contribution in [3.05, 3.63) is 47.2 Å². The zero-order valence-electron chi connectivity index (χ0n) is 16.1. The number of hydrogen-bond acceptors (Lipinski definition) is 5. The van der Waals surface area contributed by atoms with Gasteiger partial charge in [-0.15, -0.1) is 0 Å². The van der Waals surface area contributed by atoms with Crippen molar-refractivity contribution < 1.29 is 13.9 Å². The molecule has 1 amide bonds. The Labute approximate surface area is 157 Å². The van der Waals surface area contributed by atoms with Crippen LogP contribution >= 0.6 is 0 Å². The smallest absolute Gasteiger partial charge is 0.290 e. The molecule has 1 fully saturated rings. The number of aromatic nitrogens is 2. The lowest BCUT2D eigenvalue weighted by Gasteiger charge is -2.35. The molecule has 1 atom stereocenters. The summed E-state index contributed by atoms with van der Waals surface area (Å²) in [5, 5.41) is 4.27. The molecule has 3 heterocycles. The minimum atomic E-state index is -0.137. The summed E-state index contributed by atoms with van der Waals surface area (Å²) in [6.07, 6.45) is 3.65. The molecule has 1 aliphatic heterocycles. The highest BCUT2D eigenvalue weighted by Crippen LogP contribution is 2.35. The quantitative estimate of drug-likeness (QED) is 0.769. The number of piperazine rings is 1. The van der Waals surface area contributed by atoms with E-state index >= 15 is 0 Å². The lowest BCUT2D eigenvalue weighted by atomic mass is 10.1. The Morgan fingerprint density at radius 3 is 2.89 bits per heavy atom. The van der Waals surface area contributed by atoms with Gasteiger partial charge in [-0.3, -0.25) is 4.79 Å². The molecular formula is C20H24N4O3. The van der Waals surface area contributed by atoms with Gasteiger partial charge in [-0.2, -0.15) is 0 Å². The van der Waals surface area contributed by atoms with Crippen molar-refractivity contribution in [1.29, 1.82) is 0 Å². The number of ether oxygens (including phenoxy) is 1. The van der Waals surface area contributed by atoms with Gasteiger partial charge in [0, 0.05) is 50.0 Å². The van der Waals surface area contributed by atoms with Gasteiger partial charge in [0.15, 0.2) is 17.1 Å². The molecule has 27 heavy (non-hydrogen) atoms. The van der Waals surface area contributed by atoms with Crippen LogP contribution in [-0.4, -0.2) is 47.1 Å². The molecule has 1 unspecified atom stereocenters. The topological polar surface area (TPSA) is 72.5 Å². The zero-order chi connectivity index (χ0) is 19.1. The molecule has 1 saturated heterocycles. The second-order valence-corrected chi connectivity index (χ2v) is 7.01. The number of fused-ring (bicyclic) bond motifs is 1. The Kier molecular flexibility index (Phi) is 4.39. The number of furan rings is 1. The van der Waals surface area contributed by atoms with Crippen LogP contribution in [-0.2, 0) is 7.05 Å². The van der Waals surface area contributed by atoms with Gasteiger partial charge >= 0.3 is 0 Å². The van der Waals surface area contributed by atoms with Crippen molar-refractivity contribution in [2.45, 2.75) is 19.9 Å². The zero-order valence-corrected chi connectivity index (χ0v) is 16.1. The number of hydrogen-bond donors (Lipinski definition) is 1. The molecule has 1 N–H and O–H groups in total.